The lowest BCUT2D eigenvalue weighted by atomic mass is 9.87. The highest BCUT2D eigenvalue weighted by Crippen LogP contribution is 2.46. The average molecular weight is 404 g/mol. The Balaban J connectivity index is 2.18. The van der Waals surface area contributed by atoms with Crippen LogP contribution >= 0.6 is 0 Å². The fourth-order valence-electron chi connectivity index (χ4n) is 3.39. The number of aliphatic hydroxyl groups is 1. The van der Waals surface area contributed by atoms with E-state index in [0.717, 1.165) is 0 Å². The lowest BCUT2D eigenvalue weighted by Gasteiger charge is -2.43. The van der Waals surface area contributed by atoms with Gasteiger partial charge in [-0.25, -0.2) is 4.79 Å². The Morgan fingerprint density at radius 2 is 1.83 bits per heavy atom. The van der Waals surface area contributed by atoms with Crippen molar-refractivity contribution in [1.82, 2.24) is 0 Å². The first-order valence-corrected chi connectivity index (χ1v) is 9.22. The molecule has 2 aromatic rings. The van der Waals surface area contributed by atoms with Crippen LogP contribution in [0.15, 0.2) is 33.5 Å². The van der Waals surface area contributed by atoms with Crippen LogP contribution in [0.3, 0.4) is 0 Å². The Labute approximate surface area is 167 Å². The van der Waals surface area contributed by atoms with Crippen LogP contribution in [0.25, 0.3) is 11.0 Å². The minimum Gasteiger partial charge on any atom is -0.483 e. The molecule has 0 saturated carbocycles. The van der Waals surface area contributed by atoms with E-state index >= 15 is 0 Å². The number of fused-ring (bicyclic) bond motifs is 3. The molecular formula is C21H24O8. The average Bonchev–Trinajstić information content (AvgIpc) is 2.55. The van der Waals surface area contributed by atoms with Crippen LogP contribution in [0.5, 0.6) is 5.75 Å². The lowest BCUT2D eigenvalue weighted by molar-refractivity contribution is -0.190. The molecule has 8 heteroatoms. The van der Waals surface area contributed by atoms with Gasteiger partial charge in [0, 0.05) is 18.4 Å². The molecule has 3 rings (SSSR count). The third kappa shape index (κ3) is 4.42. The molecule has 0 amide bonds. The van der Waals surface area contributed by atoms with Gasteiger partial charge in [0.15, 0.2) is 12.2 Å². The van der Waals surface area contributed by atoms with Gasteiger partial charge in [-0.15, -0.1) is 0 Å². The first-order chi connectivity index (χ1) is 13.4. The van der Waals surface area contributed by atoms with Crippen molar-refractivity contribution in [3.63, 3.8) is 0 Å². The molecule has 0 bridgehead atoms. The third-order valence-electron chi connectivity index (χ3n) is 4.53. The van der Waals surface area contributed by atoms with Gasteiger partial charge in [-0.1, -0.05) is 0 Å². The van der Waals surface area contributed by atoms with E-state index in [0.29, 0.717) is 16.7 Å². The molecule has 2 heterocycles. The summed E-state index contributed by atoms with van der Waals surface area (Å²) in [6.45, 7) is 7.60. The number of hydrogen-bond acceptors (Lipinski definition) is 8. The van der Waals surface area contributed by atoms with E-state index in [9.17, 15) is 19.5 Å². The SMILES string of the molecule is CC(=O)O[C@H]1[C@@H](OC(=O)CC(C)(C)O)c2c(ccc3ccc(=O)oc23)OC1(C)C. The van der Waals surface area contributed by atoms with Crippen LogP contribution in [-0.4, -0.2) is 34.4 Å². The van der Waals surface area contributed by atoms with Crippen molar-refractivity contribution in [2.75, 3.05) is 0 Å². The van der Waals surface area contributed by atoms with Crippen LogP contribution in [0.4, 0.5) is 0 Å². The van der Waals surface area contributed by atoms with E-state index in [2.05, 4.69) is 0 Å². The zero-order chi connectivity index (χ0) is 21.6. The predicted molar refractivity (Wildman–Crippen MR) is 102 cm³/mol. The number of benzene rings is 1. The Bertz CT molecular complexity index is 1010. The molecule has 8 nitrogen and oxygen atoms in total. The van der Waals surface area contributed by atoms with Gasteiger partial charge in [0.05, 0.1) is 17.6 Å². The lowest BCUT2D eigenvalue weighted by Crippen LogP contribution is -2.52. The van der Waals surface area contributed by atoms with Crippen molar-refractivity contribution in [1.29, 1.82) is 0 Å². The standard InChI is InChI=1S/C21H24O8/c1-11(22)26-19-18(28-15(24)10-20(2,3)25)16-13(29-21(19,4)5)8-6-12-7-9-14(23)27-17(12)16/h6-9,18-19,25H,10H2,1-5H3/t18-,19-/m0/s1. The Kier molecular flexibility index (Phi) is 5.17. The molecule has 2 atom stereocenters. The van der Waals surface area contributed by atoms with Crippen LogP contribution in [-0.2, 0) is 19.1 Å². The molecule has 1 aliphatic rings. The number of rotatable bonds is 4. The summed E-state index contributed by atoms with van der Waals surface area (Å²) >= 11 is 0. The topological polar surface area (TPSA) is 112 Å². The zero-order valence-electron chi connectivity index (χ0n) is 17.0. The number of carbonyl (C=O) groups is 2. The van der Waals surface area contributed by atoms with E-state index in [1.165, 1.54) is 26.8 Å². The molecule has 0 radical (unpaired) electrons. The summed E-state index contributed by atoms with van der Waals surface area (Å²) in [5.41, 5.74) is -2.43. The van der Waals surface area contributed by atoms with Gasteiger partial charge in [-0.3, -0.25) is 9.59 Å². The summed E-state index contributed by atoms with van der Waals surface area (Å²) < 4.78 is 22.5. The summed E-state index contributed by atoms with van der Waals surface area (Å²) in [4.78, 5) is 36.1. The second-order valence-corrected chi connectivity index (χ2v) is 8.29. The van der Waals surface area contributed by atoms with Crippen molar-refractivity contribution < 1.29 is 33.3 Å². The highest BCUT2D eigenvalue weighted by molar-refractivity contribution is 5.83. The number of hydrogen-bond donors (Lipinski definition) is 1. The molecule has 0 saturated heterocycles. The Morgan fingerprint density at radius 3 is 2.45 bits per heavy atom. The van der Waals surface area contributed by atoms with Crippen LogP contribution in [0.1, 0.15) is 52.7 Å². The first-order valence-electron chi connectivity index (χ1n) is 9.22. The highest BCUT2D eigenvalue weighted by atomic mass is 16.6. The zero-order valence-corrected chi connectivity index (χ0v) is 17.0. The maximum Gasteiger partial charge on any atom is 0.336 e. The molecule has 0 aliphatic carbocycles. The largest absolute Gasteiger partial charge is 0.483 e. The van der Waals surface area contributed by atoms with Crippen molar-refractivity contribution in [2.45, 2.75) is 64.4 Å². The Morgan fingerprint density at radius 1 is 1.17 bits per heavy atom. The van der Waals surface area contributed by atoms with Gasteiger partial charge in [-0.2, -0.15) is 0 Å². The molecule has 0 unspecified atom stereocenters. The van der Waals surface area contributed by atoms with Crippen molar-refractivity contribution in [3.05, 3.63) is 40.2 Å². The molecule has 1 aromatic heterocycles. The van der Waals surface area contributed by atoms with Gasteiger partial charge in [-0.05, 0) is 45.9 Å². The molecule has 1 N–H and O–H groups in total. The fraction of sp³-hybridized carbons (Fsp3) is 0.476. The third-order valence-corrected chi connectivity index (χ3v) is 4.53. The highest BCUT2D eigenvalue weighted by Gasteiger charge is 2.50. The van der Waals surface area contributed by atoms with Gasteiger partial charge >= 0.3 is 17.6 Å². The van der Waals surface area contributed by atoms with Gasteiger partial charge in [0.25, 0.3) is 0 Å². The van der Waals surface area contributed by atoms with E-state index in [1.54, 1.807) is 32.0 Å². The van der Waals surface area contributed by atoms with E-state index < -0.39 is 41.0 Å². The van der Waals surface area contributed by atoms with E-state index in [-0.39, 0.29) is 12.0 Å². The minimum absolute atomic E-state index is 0.184. The van der Waals surface area contributed by atoms with Crippen molar-refractivity contribution >= 4 is 22.9 Å². The molecule has 1 aliphatic heterocycles. The smallest absolute Gasteiger partial charge is 0.336 e. The van der Waals surface area contributed by atoms with Crippen LogP contribution < -0.4 is 10.4 Å². The second-order valence-electron chi connectivity index (χ2n) is 8.29. The van der Waals surface area contributed by atoms with Crippen molar-refractivity contribution in [3.8, 4) is 5.75 Å². The minimum atomic E-state index is -1.29. The monoisotopic (exact) mass is 404 g/mol. The molecule has 0 spiro atoms. The van der Waals surface area contributed by atoms with Gasteiger partial charge < -0.3 is 23.7 Å². The van der Waals surface area contributed by atoms with Crippen LogP contribution in [0, 0.1) is 0 Å². The van der Waals surface area contributed by atoms with Crippen LogP contribution in [0.2, 0.25) is 0 Å². The number of carbonyl (C=O) groups excluding carboxylic acids is 2. The number of esters is 2. The van der Waals surface area contributed by atoms with Gasteiger partial charge in [0.1, 0.15) is 16.9 Å². The fourth-order valence-corrected chi connectivity index (χ4v) is 3.39. The first kappa shape index (κ1) is 20.9. The summed E-state index contributed by atoms with van der Waals surface area (Å²) in [7, 11) is 0. The molecular weight excluding hydrogens is 380 g/mol. The maximum atomic E-state index is 12.5. The maximum absolute atomic E-state index is 12.5. The normalized spacial score (nSPS) is 20.5. The molecule has 29 heavy (non-hydrogen) atoms. The summed E-state index contributed by atoms with van der Waals surface area (Å²) in [6, 6.07) is 6.26. The van der Waals surface area contributed by atoms with Crippen molar-refractivity contribution in [2.24, 2.45) is 0 Å². The summed E-state index contributed by atoms with van der Waals surface area (Å²) in [6.07, 6.45) is -2.38. The summed E-state index contributed by atoms with van der Waals surface area (Å²) in [5.74, 6) is -0.930. The van der Waals surface area contributed by atoms with E-state index in [1.807, 2.05) is 0 Å². The molecule has 1 aromatic carbocycles. The molecule has 0 fully saturated rings. The van der Waals surface area contributed by atoms with E-state index in [4.69, 9.17) is 18.6 Å². The Hall–Kier alpha value is -2.87. The predicted octanol–water partition coefficient (Wildman–Crippen LogP) is 2.64. The van der Waals surface area contributed by atoms with Gasteiger partial charge in [0.2, 0.25) is 0 Å². The second kappa shape index (κ2) is 7.18. The quantitative estimate of drug-likeness (QED) is 0.611. The molecule has 156 valence electrons. The summed E-state index contributed by atoms with van der Waals surface area (Å²) in [5, 5.41) is 10.6. The number of ether oxygens (including phenoxy) is 3.